The summed E-state index contributed by atoms with van der Waals surface area (Å²) in [6.45, 7) is 0.513. The minimum atomic E-state index is -0.675. The highest BCUT2D eigenvalue weighted by molar-refractivity contribution is 6.18. The molecule has 0 bridgehead atoms. The van der Waals surface area contributed by atoms with Crippen LogP contribution in [0.2, 0.25) is 0 Å². The van der Waals surface area contributed by atoms with E-state index in [0.717, 1.165) is 0 Å². The molecule has 0 unspecified atom stereocenters. The number of halogens is 2. The summed E-state index contributed by atoms with van der Waals surface area (Å²) < 4.78 is 0. The number of rotatable bonds is 8. The molecule has 9 heteroatoms. The lowest BCUT2D eigenvalue weighted by molar-refractivity contribution is -0.120. The molecule has 0 rings (SSSR count). The van der Waals surface area contributed by atoms with Crippen LogP contribution < -0.4 is 10.6 Å². The third-order valence-electron chi connectivity index (χ3n) is 1.67. The lowest BCUT2D eigenvalue weighted by Gasteiger charge is -2.12. The van der Waals surface area contributed by atoms with Gasteiger partial charge in [0.1, 0.15) is 0 Å². The number of hydrogen-bond donors (Lipinski definition) is 2. The minimum Gasteiger partial charge on any atom is -0.355 e. The summed E-state index contributed by atoms with van der Waals surface area (Å²) in [5, 5.41) is 8.05. The Bertz CT molecular complexity index is 265. The van der Waals surface area contributed by atoms with Crippen molar-refractivity contribution in [2.45, 2.75) is 6.42 Å². The summed E-state index contributed by atoms with van der Waals surface area (Å²) in [4.78, 5) is 32.6. The molecule has 0 aliphatic heterocycles. The van der Waals surface area contributed by atoms with E-state index in [-0.39, 0.29) is 31.3 Å². The molecule has 0 radical (unpaired) electrons. The Morgan fingerprint density at radius 2 is 1.82 bits per heavy atom. The first-order valence-electron chi connectivity index (χ1n) is 4.93. The van der Waals surface area contributed by atoms with Crippen LogP contribution in [0.25, 0.3) is 0 Å². The van der Waals surface area contributed by atoms with Crippen LogP contribution in [0.15, 0.2) is 5.29 Å². The topological polar surface area (TPSA) is 90.9 Å². The van der Waals surface area contributed by atoms with Crippen LogP contribution in [0.4, 0.5) is 4.79 Å². The zero-order valence-electron chi connectivity index (χ0n) is 9.12. The maximum atomic E-state index is 11.3. The van der Waals surface area contributed by atoms with Crippen molar-refractivity contribution in [3.63, 3.8) is 0 Å². The van der Waals surface area contributed by atoms with Gasteiger partial charge in [-0.2, -0.15) is 5.01 Å². The highest BCUT2D eigenvalue weighted by Crippen LogP contribution is 1.92. The standard InChI is InChI=1S/C8H14Cl2N4O3/c9-2-5-11-7(15)1-4-12-8(16)14(13-17)6-3-10/h1-6H2,(H,11,15)(H,12,16). The second-order valence-corrected chi connectivity index (χ2v) is 3.67. The van der Waals surface area contributed by atoms with Crippen LogP contribution >= 0.6 is 23.2 Å². The molecule has 0 heterocycles. The van der Waals surface area contributed by atoms with Crippen molar-refractivity contribution in [3.8, 4) is 0 Å². The lowest BCUT2D eigenvalue weighted by atomic mass is 10.4. The summed E-state index contributed by atoms with van der Waals surface area (Å²) in [6.07, 6.45) is 0.107. The van der Waals surface area contributed by atoms with Crippen molar-refractivity contribution in [2.24, 2.45) is 5.29 Å². The Labute approximate surface area is 109 Å². The quantitative estimate of drug-likeness (QED) is 0.390. The van der Waals surface area contributed by atoms with Gasteiger partial charge in [-0.15, -0.1) is 28.1 Å². The Balaban J connectivity index is 3.76. The fourth-order valence-corrected chi connectivity index (χ4v) is 1.16. The normalized spacial score (nSPS) is 9.53. The second-order valence-electron chi connectivity index (χ2n) is 2.91. The zero-order chi connectivity index (χ0) is 13.1. The monoisotopic (exact) mass is 284 g/mol. The van der Waals surface area contributed by atoms with E-state index >= 15 is 0 Å². The lowest BCUT2D eigenvalue weighted by Crippen LogP contribution is -2.39. The van der Waals surface area contributed by atoms with Crippen LogP contribution in [0.1, 0.15) is 6.42 Å². The minimum absolute atomic E-state index is 0.0231. The molecule has 0 aliphatic rings. The molecule has 0 fully saturated rings. The highest BCUT2D eigenvalue weighted by Gasteiger charge is 2.12. The summed E-state index contributed by atoms with van der Waals surface area (Å²) in [5.74, 6) is 0.209. The van der Waals surface area contributed by atoms with Gasteiger partial charge in [-0.1, -0.05) is 0 Å². The fourth-order valence-electron chi connectivity index (χ4n) is 0.909. The first-order chi connectivity index (χ1) is 8.15. The smallest absolute Gasteiger partial charge is 0.340 e. The third-order valence-corrected chi connectivity index (χ3v) is 2.03. The average Bonchev–Trinajstić information content (AvgIpc) is 2.33. The molecule has 0 aromatic rings. The van der Waals surface area contributed by atoms with E-state index in [2.05, 4.69) is 15.9 Å². The maximum absolute atomic E-state index is 11.3. The molecule has 0 atom stereocenters. The van der Waals surface area contributed by atoms with Crippen molar-refractivity contribution in [1.29, 1.82) is 0 Å². The summed E-state index contributed by atoms with van der Waals surface area (Å²) >= 11 is 10.7. The van der Waals surface area contributed by atoms with E-state index in [1.807, 2.05) is 0 Å². The number of carbonyl (C=O) groups is 2. The Morgan fingerprint density at radius 3 is 2.35 bits per heavy atom. The number of nitroso groups, excluding NO2 is 1. The third kappa shape index (κ3) is 7.76. The van der Waals surface area contributed by atoms with Gasteiger partial charge in [0.15, 0.2) is 0 Å². The molecule has 98 valence electrons. The summed E-state index contributed by atoms with van der Waals surface area (Å²) in [6, 6.07) is -0.675. The van der Waals surface area contributed by atoms with Gasteiger partial charge in [-0.25, -0.2) is 4.79 Å². The van der Waals surface area contributed by atoms with Gasteiger partial charge >= 0.3 is 6.03 Å². The van der Waals surface area contributed by atoms with E-state index in [1.54, 1.807) is 0 Å². The van der Waals surface area contributed by atoms with Crippen molar-refractivity contribution in [3.05, 3.63) is 4.91 Å². The SMILES string of the molecule is O=NN(CCCl)C(=O)NCCC(=O)NCCCl. The van der Waals surface area contributed by atoms with E-state index < -0.39 is 6.03 Å². The molecule has 17 heavy (non-hydrogen) atoms. The summed E-state index contributed by atoms with van der Waals surface area (Å²) in [7, 11) is 0. The molecule has 0 saturated carbocycles. The molecule has 0 aromatic carbocycles. The van der Waals surface area contributed by atoms with Crippen LogP contribution in [-0.2, 0) is 4.79 Å². The van der Waals surface area contributed by atoms with Gasteiger partial charge in [0.25, 0.3) is 0 Å². The van der Waals surface area contributed by atoms with Gasteiger partial charge in [0.2, 0.25) is 5.91 Å². The van der Waals surface area contributed by atoms with Crippen molar-refractivity contribution in [2.75, 3.05) is 31.4 Å². The molecule has 0 aliphatic carbocycles. The molecule has 2 N–H and O–H groups in total. The number of alkyl halides is 2. The van der Waals surface area contributed by atoms with E-state index in [1.165, 1.54) is 0 Å². The first kappa shape index (κ1) is 15.9. The molecule has 0 aromatic heterocycles. The Morgan fingerprint density at radius 1 is 1.12 bits per heavy atom. The Kier molecular flexibility index (Phi) is 9.46. The Hall–Kier alpha value is -1.08. The average molecular weight is 285 g/mol. The van der Waals surface area contributed by atoms with Crippen LogP contribution in [0, 0.1) is 4.91 Å². The van der Waals surface area contributed by atoms with Crippen LogP contribution in [-0.4, -0.2) is 48.3 Å². The first-order valence-corrected chi connectivity index (χ1v) is 5.99. The number of urea groups is 1. The van der Waals surface area contributed by atoms with Crippen molar-refractivity contribution < 1.29 is 9.59 Å². The molecular weight excluding hydrogens is 271 g/mol. The van der Waals surface area contributed by atoms with Crippen molar-refractivity contribution >= 4 is 35.1 Å². The molecule has 3 amide bonds. The van der Waals surface area contributed by atoms with Gasteiger partial charge < -0.3 is 10.6 Å². The highest BCUT2D eigenvalue weighted by atomic mass is 35.5. The predicted octanol–water partition coefficient (Wildman–Crippen LogP) is 0.663. The van der Waals surface area contributed by atoms with E-state index in [9.17, 15) is 14.5 Å². The fraction of sp³-hybridized carbons (Fsp3) is 0.750. The zero-order valence-corrected chi connectivity index (χ0v) is 10.6. The van der Waals surface area contributed by atoms with Gasteiger partial charge in [0, 0.05) is 31.3 Å². The van der Waals surface area contributed by atoms with Crippen LogP contribution in [0.3, 0.4) is 0 Å². The second kappa shape index (κ2) is 10.1. The summed E-state index contributed by atoms with van der Waals surface area (Å²) in [5.41, 5.74) is 0. The number of nitrogens with one attached hydrogen (secondary N) is 2. The molecular formula is C8H14Cl2N4O3. The van der Waals surface area contributed by atoms with E-state index in [0.29, 0.717) is 17.4 Å². The van der Waals surface area contributed by atoms with E-state index in [4.69, 9.17) is 23.2 Å². The molecule has 0 saturated heterocycles. The molecule has 7 nitrogen and oxygen atoms in total. The number of hydrogen-bond acceptors (Lipinski definition) is 4. The largest absolute Gasteiger partial charge is 0.355 e. The number of carbonyl (C=O) groups excluding carboxylic acids is 2. The van der Waals surface area contributed by atoms with Gasteiger partial charge in [-0.3, -0.25) is 4.79 Å². The predicted molar refractivity (Wildman–Crippen MR) is 65.0 cm³/mol. The number of nitrogens with zero attached hydrogens (tertiary/aromatic N) is 2. The number of amides is 3. The van der Waals surface area contributed by atoms with Crippen LogP contribution in [0.5, 0.6) is 0 Å². The van der Waals surface area contributed by atoms with Gasteiger partial charge in [0.05, 0.1) is 11.8 Å². The van der Waals surface area contributed by atoms with Crippen molar-refractivity contribution in [1.82, 2.24) is 15.6 Å². The molecule has 0 spiro atoms. The van der Waals surface area contributed by atoms with Gasteiger partial charge in [-0.05, 0) is 0 Å². The maximum Gasteiger partial charge on any atom is 0.340 e.